The maximum atomic E-state index is 11.4. The third kappa shape index (κ3) is 1.79. The Morgan fingerprint density at radius 2 is 2.06 bits per heavy atom. The van der Waals surface area contributed by atoms with Crippen molar-refractivity contribution in [1.82, 2.24) is 4.57 Å². The van der Waals surface area contributed by atoms with E-state index in [2.05, 4.69) is 4.74 Å². The van der Waals surface area contributed by atoms with Crippen LogP contribution < -0.4 is 0 Å². The van der Waals surface area contributed by atoms with Crippen LogP contribution in [-0.2, 0) is 4.74 Å². The van der Waals surface area contributed by atoms with Crippen LogP contribution in [0, 0.1) is 0 Å². The van der Waals surface area contributed by atoms with E-state index in [-0.39, 0.29) is 5.91 Å². The summed E-state index contributed by atoms with van der Waals surface area (Å²) < 4.78 is 5.99. The number of esters is 1. The number of aromatic nitrogens is 1. The molecule has 0 atom stereocenters. The molecule has 0 bridgehead atoms. The number of benzene rings is 1. The first kappa shape index (κ1) is 12.0. The second kappa shape index (κ2) is 4.44. The number of hydrogen-bond acceptors (Lipinski definition) is 4. The minimum absolute atomic E-state index is 0.195. The van der Waals surface area contributed by atoms with Crippen molar-refractivity contribution in [3.8, 4) is 0 Å². The molecule has 0 unspecified atom stereocenters. The van der Waals surface area contributed by atoms with Gasteiger partial charge < -0.3 is 4.74 Å². The maximum Gasteiger partial charge on any atom is 0.337 e. The predicted molar refractivity (Wildman–Crippen MR) is 65.0 cm³/mol. The Hall–Kier alpha value is -2.43. The lowest BCUT2D eigenvalue weighted by Gasteiger charge is -2.01. The zero-order valence-electron chi connectivity index (χ0n) is 9.97. The summed E-state index contributed by atoms with van der Waals surface area (Å²) in [6.07, 6.45) is 2.11. The van der Waals surface area contributed by atoms with Gasteiger partial charge >= 0.3 is 5.97 Å². The molecular formula is C13H11NO4. The van der Waals surface area contributed by atoms with Crippen LogP contribution in [0.25, 0.3) is 10.9 Å². The summed E-state index contributed by atoms with van der Waals surface area (Å²) in [5.74, 6) is -0.678. The second-order valence-electron chi connectivity index (χ2n) is 3.81. The lowest BCUT2D eigenvalue weighted by molar-refractivity contribution is 0.0600. The fraction of sp³-hybridized carbons (Fsp3) is 0.154. The zero-order valence-corrected chi connectivity index (χ0v) is 9.97. The lowest BCUT2D eigenvalue weighted by atomic mass is 10.1. The molecule has 0 aliphatic carbocycles. The zero-order chi connectivity index (χ0) is 13.3. The normalized spacial score (nSPS) is 10.3. The fourth-order valence-corrected chi connectivity index (χ4v) is 1.85. The van der Waals surface area contributed by atoms with Crippen molar-refractivity contribution in [2.45, 2.75) is 6.92 Å². The molecule has 0 N–H and O–H groups in total. The third-order valence-electron chi connectivity index (χ3n) is 2.72. The second-order valence-corrected chi connectivity index (χ2v) is 3.81. The van der Waals surface area contributed by atoms with Crippen molar-refractivity contribution in [1.29, 1.82) is 0 Å². The van der Waals surface area contributed by atoms with Crippen LogP contribution in [0.2, 0.25) is 0 Å². The summed E-state index contributed by atoms with van der Waals surface area (Å²) in [4.78, 5) is 33.8. The van der Waals surface area contributed by atoms with Gasteiger partial charge in [-0.1, -0.05) is 0 Å². The highest BCUT2D eigenvalue weighted by atomic mass is 16.5. The molecule has 0 aliphatic heterocycles. The van der Waals surface area contributed by atoms with E-state index in [1.54, 1.807) is 18.2 Å². The molecule has 1 heterocycles. The molecular weight excluding hydrogens is 234 g/mol. The average Bonchev–Trinajstić information content (AvgIpc) is 2.75. The van der Waals surface area contributed by atoms with Crippen molar-refractivity contribution in [3.63, 3.8) is 0 Å². The van der Waals surface area contributed by atoms with E-state index in [1.807, 2.05) is 0 Å². The fourth-order valence-electron chi connectivity index (χ4n) is 1.85. The maximum absolute atomic E-state index is 11.4. The SMILES string of the molecule is COC(=O)c1ccc2c(c1)c(C=O)cn2C(C)=O. The van der Waals surface area contributed by atoms with Crippen molar-refractivity contribution >= 4 is 29.1 Å². The monoisotopic (exact) mass is 245 g/mol. The number of rotatable bonds is 2. The van der Waals surface area contributed by atoms with Crippen LogP contribution in [0.3, 0.4) is 0 Å². The minimum Gasteiger partial charge on any atom is -0.465 e. The Labute approximate surface area is 103 Å². The number of ether oxygens (including phenoxy) is 1. The number of hydrogen-bond donors (Lipinski definition) is 0. The smallest absolute Gasteiger partial charge is 0.337 e. The van der Waals surface area contributed by atoms with Gasteiger partial charge in [-0.3, -0.25) is 14.2 Å². The summed E-state index contributed by atoms with van der Waals surface area (Å²) in [6.45, 7) is 1.41. The average molecular weight is 245 g/mol. The number of nitrogens with zero attached hydrogens (tertiary/aromatic N) is 1. The first-order chi connectivity index (χ1) is 8.58. The number of carbonyl (C=O) groups excluding carboxylic acids is 3. The molecule has 5 nitrogen and oxygen atoms in total. The molecule has 1 aromatic carbocycles. The van der Waals surface area contributed by atoms with Crippen LogP contribution in [0.5, 0.6) is 0 Å². The summed E-state index contributed by atoms with van der Waals surface area (Å²) in [7, 11) is 1.29. The van der Waals surface area contributed by atoms with Crippen molar-refractivity contribution in [2.75, 3.05) is 7.11 Å². The van der Waals surface area contributed by atoms with E-state index in [4.69, 9.17) is 0 Å². The van der Waals surface area contributed by atoms with Gasteiger partial charge in [0.1, 0.15) is 0 Å². The highest BCUT2D eigenvalue weighted by molar-refractivity contribution is 6.04. The Morgan fingerprint density at radius 1 is 1.33 bits per heavy atom. The molecule has 0 saturated heterocycles. The Kier molecular flexibility index (Phi) is 2.97. The largest absolute Gasteiger partial charge is 0.465 e. The van der Waals surface area contributed by atoms with E-state index in [0.717, 1.165) is 0 Å². The number of carbonyl (C=O) groups is 3. The minimum atomic E-state index is -0.482. The number of methoxy groups -OCH3 is 1. The molecule has 5 heteroatoms. The van der Waals surface area contributed by atoms with Gasteiger partial charge in [0.2, 0.25) is 5.91 Å². The molecule has 2 rings (SSSR count). The van der Waals surface area contributed by atoms with E-state index < -0.39 is 5.97 Å². The number of aldehydes is 1. The summed E-state index contributed by atoms with van der Waals surface area (Å²) in [5.41, 5.74) is 1.30. The van der Waals surface area contributed by atoms with E-state index in [0.29, 0.717) is 28.3 Å². The quantitative estimate of drug-likeness (QED) is 0.598. The Morgan fingerprint density at radius 3 is 2.61 bits per heavy atom. The van der Waals surface area contributed by atoms with Gasteiger partial charge in [0.25, 0.3) is 0 Å². The van der Waals surface area contributed by atoms with Crippen LogP contribution >= 0.6 is 0 Å². The first-order valence-corrected chi connectivity index (χ1v) is 5.28. The van der Waals surface area contributed by atoms with Gasteiger partial charge in [0.15, 0.2) is 6.29 Å². The van der Waals surface area contributed by atoms with Crippen LogP contribution in [0.1, 0.15) is 32.4 Å². The molecule has 2 aromatic rings. The molecule has 0 aliphatic rings. The summed E-state index contributed by atoms with van der Waals surface area (Å²) in [5, 5.41) is 0.558. The Bertz CT molecular complexity index is 654. The van der Waals surface area contributed by atoms with Crippen molar-refractivity contribution in [3.05, 3.63) is 35.5 Å². The van der Waals surface area contributed by atoms with Crippen LogP contribution in [0.4, 0.5) is 0 Å². The molecule has 18 heavy (non-hydrogen) atoms. The molecule has 0 saturated carbocycles. The summed E-state index contributed by atoms with van der Waals surface area (Å²) >= 11 is 0. The first-order valence-electron chi connectivity index (χ1n) is 5.28. The topological polar surface area (TPSA) is 65.4 Å². The predicted octanol–water partition coefficient (Wildman–Crippen LogP) is 1.90. The Balaban J connectivity index is 2.73. The summed E-state index contributed by atoms with van der Waals surface area (Å²) in [6, 6.07) is 4.72. The van der Waals surface area contributed by atoms with Gasteiger partial charge in [0.05, 0.1) is 18.2 Å². The van der Waals surface area contributed by atoms with Gasteiger partial charge in [-0.2, -0.15) is 0 Å². The highest BCUT2D eigenvalue weighted by Gasteiger charge is 2.13. The van der Waals surface area contributed by atoms with Crippen molar-refractivity contribution in [2.24, 2.45) is 0 Å². The molecule has 92 valence electrons. The van der Waals surface area contributed by atoms with E-state index in [9.17, 15) is 14.4 Å². The van der Waals surface area contributed by atoms with Gasteiger partial charge in [-0.25, -0.2) is 4.79 Å². The van der Waals surface area contributed by atoms with Gasteiger partial charge in [-0.15, -0.1) is 0 Å². The molecule has 0 spiro atoms. The number of fused-ring (bicyclic) bond motifs is 1. The highest BCUT2D eigenvalue weighted by Crippen LogP contribution is 2.22. The van der Waals surface area contributed by atoms with Gasteiger partial charge in [0, 0.05) is 24.1 Å². The molecule has 0 fully saturated rings. The third-order valence-corrected chi connectivity index (χ3v) is 2.72. The van der Waals surface area contributed by atoms with E-state index >= 15 is 0 Å². The molecule has 0 amide bonds. The van der Waals surface area contributed by atoms with Crippen LogP contribution in [-0.4, -0.2) is 29.8 Å². The van der Waals surface area contributed by atoms with Gasteiger partial charge in [-0.05, 0) is 18.2 Å². The lowest BCUT2D eigenvalue weighted by Crippen LogP contribution is -2.04. The molecule has 1 aromatic heterocycles. The standard InChI is InChI=1S/C13H11NO4/c1-8(16)14-6-10(7-15)11-5-9(13(17)18-2)3-4-12(11)14/h3-7H,1-2H3. The van der Waals surface area contributed by atoms with Crippen molar-refractivity contribution < 1.29 is 19.1 Å². The van der Waals surface area contributed by atoms with Crippen LogP contribution in [0.15, 0.2) is 24.4 Å². The molecule has 0 radical (unpaired) electrons. The van der Waals surface area contributed by atoms with E-state index in [1.165, 1.54) is 24.8 Å².